The molecule has 0 radical (unpaired) electrons. The molecule has 31 heavy (non-hydrogen) atoms. The number of hydrogen-bond donors (Lipinski definition) is 2. The maximum Gasteiger partial charge on any atom is 0.255 e. The Morgan fingerprint density at radius 1 is 1.19 bits per heavy atom. The summed E-state index contributed by atoms with van der Waals surface area (Å²) in [6.45, 7) is 7.72. The van der Waals surface area contributed by atoms with Gasteiger partial charge in [0.05, 0.1) is 26.4 Å². The maximum atomic E-state index is 12.5. The first kappa shape index (κ1) is 22.6. The lowest BCUT2D eigenvalue weighted by molar-refractivity contribution is -0.121. The van der Waals surface area contributed by atoms with Gasteiger partial charge in [-0.15, -0.1) is 0 Å². The summed E-state index contributed by atoms with van der Waals surface area (Å²) in [6, 6.07) is 7.34. The van der Waals surface area contributed by atoms with Gasteiger partial charge in [0, 0.05) is 30.8 Å². The van der Waals surface area contributed by atoms with E-state index in [0.717, 1.165) is 5.75 Å². The van der Waals surface area contributed by atoms with E-state index in [1.54, 1.807) is 6.92 Å². The normalized spacial score (nSPS) is 13.7. The largest absolute Gasteiger partial charge is 0.494 e. The zero-order valence-electron chi connectivity index (χ0n) is 18.1. The fourth-order valence-corrected chi connectivity index (χ4v) is 3.30. The molecule has 1 aromatic carbocycles. The molecule has 1 aromatic heterocycles. The van der Waals surface area contributed by atoms with Gasteiger partial charge in [-0.3, -0.25) is 14.6 Å². The summed E-state index contributed by atoms with van der Waals surface area (Å²) in [5, 5.41) is 2.81. The van der Waals surface area contributed by atoms with E-state index in [9.17, 15) is 9.59 Å². The number of hydrogen-bond acceptors (Lipinski definition) is 7. The molecule has 1 saturated heterocycles. The Balaban J connectivity index is 1.41. The molecule has 0 aliphatic carbocycles. The average molecular weight is 431 g/mol. The quantitative estimate of drug-likeness (QED) is 0.550. The number of aromatic nitrogens is 2. The van der Waals surface area contributed by atoms with Crippen LogP contribution >= 0.6 is 0 Å². The van der Waals surface area contributed by atoms with Gasteiger partial charge in [0.2, 0.25) is 11.9 Å². The van der Waals surface area contributed by atoms with Gasteiger partial charge in [-0.25, -0.2) is 4.98 Å². The number of aromatic amines is 1. The third-order valence-electron chi connectivity index (χ3n) is 4.95. The third kappa shape index (κ3) is 6.71. The number of H-pyrrole nitrogens is 1. The minimum absolute atomic E-state index is 0.133. The monoisotopic (exact) mass is 430 g/mol. The summed E-state index contributed by atoms with van der Waals surface area (Å²) >= 11 is 0. The molecule has 168 valence electrons. The number of nitrogens with one attached hydrogen (secondary N) is 2. The molecule has 9 heteroatoms. The Labute approximate surface area is 181 Å². The number of aryl methyl sites for hydroxylation is 1. The van der Waals surface area contributed by atoms with Gasteiger partial charge in [-0.05, 0) is 44.5 Å². The van der Waals surface area contributed by atoms with Crippen LogP contribution in [0, 0.1) is 6.92 Å². The maximum absolute atomic E-state index is 12.5. The second-order valence-electron chi connectivity index (χ2n) is 7.16. The summed E-state index contributed by atoms with van der Waals surface area (Å²) in [6.07, 6.45) is 0.550. The molecular formula is C22H30N4O5. The molecular weight excluding hydrogens is 400 g/mol. The van der Waals surface area contributed by atoms with Crippen molar-refractivity contribution in [3.8, 4) is 11.5 Å². The predicted molar refractivity (Wildman–Crippen MR) is 117 cm³/mol. The van der Waals surface area contributed by atoms with Gasteiger partial charge >= 0.3 is 0 Å². The van der Waals surface area contributed by atoms with Crippen molar-refractivity contribution < 1.29 is 19.0 Å². The summed E-state index contributed by atoms with van der Waals surface area (Å²) in [4.78, 5) is 34.0. The van der Waals surface area contributed by atoms with E-state index >= 15 is 0 Å². The van der Waals surface area contributed by atoms with Crippen LogP contribution in [0.1, 0.15) is 24.6 Å². The SMILES string of the molecule is CCOc1ccc(OCCNC(=O)CCc2c(C)nc(N3CCOCC3)[nH]c2=O)cc1. The lowest BCUT2D eigenvalue weighted by Crippen LogP contribution is -2.38. The van der Waals surface area contributed by atoms with Crippen molar-refractivity contribution in [2.75, 3.05) is 51.0 Å². The highest BCUT2D eigenvalue weighted by molar-refractivity contribution is 5.76. The van der Waals surface area contributed by atoms with E-state index in [4.69, 9.17) is 14.2 Å². The van der Waals surface area contributed by atoms with Gasteiger partial charge in [0.15, 0.2) is 0 Å². The molecule has 2 N–H and O–H groups in total. The van der Waals surface area contributed by atoms with Crippen molar-refractivity contribution >= 4 is 11.9 Å². The van der Waals surface area contributed by atoms with Crippen molar-refractivity contribution in [1.82, 2.24) is 15.3 Å². The highest BCUT2D eigenvalue weighted by Gasteiger charge is 2.16. The number of ether oxygens (including phenoxy) is 3. The van der Waals surface area contributed by atoms with Crippen molar-refractivity contribution in [2.24, 2.45) is 0 Å². The van der Waals surface area contributed by atoms with Crippen molar-refractivity contribution in [1.29, 1.82) is 0 Å². The van der Waals surface area contributed by atoms with Crippen molar-refractivity contribution in [3.63, 3.8) is 0 Å². The highest BCUT2D eigenvalue weighted by atomic mass is 16.5. The Bertz CT molecular complexity index is 907. The van der Waals surface area contributed by atoms with Crippen LogP contribution in [0.3, 0.4) is 0 Å². The topological polar surface area (TPSA) is 106 Å². The number of benzene rings is 1. The summed E-state index contributed by atoms with van der Waals surface area (Å²) in [5.41, 5.74) is 0.996. The van der Waals surface area contributed by atoms with Gasteiger partial charge < -0.3 is 24.4 Å². The van der Waals surface area contributed by atoms with Crippen LogP contribution in [0.2, 0.25) is 0 Å². The number of nitrogens with zero attached hydrogens (tertiary/aromatic N) is 2. The number of amides is 1. The third-order valence-corrected chi connectivity index (χ3v) is 4.95. The smallest absolute Gasteiger partial charge is 0.255 e. The molecule has 0 spiro atoms. The highest BCUT2D eigenvalue weighted by Crippen LogP contribution is 2.17. The predicted octanol–water partition coefficient (Wildman–Crippen LogP) is 1.44. The Hall–Kier alpha value is -3.07. The second-order valence-corrected chi connectivity index (χ2v) is 7.16. The molecule has 1 fully saturated rings. The van der Waals surface area contributed by atoms with E-state index in [0.29, 0.717) is 75.4 Å². The molecule has 0 saturated carbocycles. The average Bonchev–Trinajstić information content (AvgIpc) is 2.78. The number of anilines is 1. The molecule has 3 rings (SSSR count). The van der Waals surface area contributed by atoms with Crippen LogP contribution in [0.5, 0.6) is 11.5 Å². The van der Waals surface area contributed by atoms with Crippen LogP contribution in [0.25, 0.3) is 0 Å². The minimum Gasteiger partial charge on any atom is -0.494 e. The molecule has 2 heterocycles. The van der Waals surface area contributed by atoms with E-state index < -0.39 is 0 Å². The van der Waals surface area contributed by atoms with Crippen LogP contribution in [-0.4, -0.2) is 61.9 Å². The van der Waals surface area contributed by atoms with Gasteiger partial charge in [0.25, 0.3) is 5.56 Å². The molecule has 0 unspecified atom stereocenters. The first-order chi connectivity index (χ1) is 15.1. The summed E-state index contributed by atoms with van der Waals surface area (Å²) in [7, 11) is 0. The Morgan fingerprint density at radius 3 is 2.52 bits per heavy atom. The lowest BCUT2D eigenvalue weighted by Gasteiger charge is -2.27. The first-order valence-corrected chi connectivity index (χ1v) is 10.6. The molecule has 2 aromatic rings. The molecule has 1 aliphatic rings. The van der Waals surface area contributed by atoms with Crippen LogP contribution in [0.4, 0.5) is 5.95 Å². The van der Waals surface area contributed by atoms with E-state index in [1.165, 1.54) is 0 Å². The molecule has 0 atom stereocenters. The van der Waals surface area contributed by atoms with E-state index in [1.807, 2.05) is 36.1 Å². The van der Waals surface area contributed by atoms with Crippen LogP contribution in [0.15, 0.2) is 29.1 Å². The van der Waals surface area contributed by atoms with Crippen LogP contribution in [-0.2, 0) is 16.0 Å². The van der Waals surface area contributed by atoms with Crippen molar-refractivity contribution in [2.45, 2.75) is 26.7 Å². The zero-order chi connectivity index (χ0) is 22.1. The fraction of sp³-hybridized carbons (Fsp3) is 0.500. The number of carbonyl (C=O) groups excluding carboxylic acids is 1. The lowest BCUT2D eigenvalue weighted by atomic mass is 10.1. The van der Waals surface area contributed by atoms with Crippen LogP contribution < -0.4 is 25.2 Å². The Morgan fingerprint density at radius 2 is 1.87 bits per heavy atom. The van der Waals surface area contributed by atoms with Gasteiger partial charge in [0.1, 0.15) is 18.1 Å². The zero-order valence-corrected chi connectivity index (χ0v) is 18.1. The number of rotatable bonds is 10. The van der Waals surface area contributed by atoms with Gasteiger partial charge in [-0.1, -0.05) is 0 Å². The molecule has 1 amide bonds. The Kier molecular flexibility index (Phi) is 8.28. The molecule has 0 bridgehead atoms. The number of carbonyl (C=O) groups is 1. The summed E-state index contributed by atoms with van der Waals surface area (Å²) in [5.74, 6) is 1.93. The molecule has 1 aliphatic heterocycles. The second kappa shape index (κ2) is 11.4. The number of morpholine rings is 1. The molecule has 9 nitrogen and oxygen atoms in total. The minimum atomic E-state index is -0.194. The first-order valence-electron chi connectivity index (χ1n) is 10.6. The van der Waals surface area contributed by atoms with Crippen molar-refractivity contribution in [3.05, 3.63) is 45.9 Å². The fourth-order valence-electron chi connectivity index (χ4n) is 3.30. The van der Waals surface area contributed by atoms with Gasteiger partial charge in [-0.2, -0.15) is 0 Å². The standard InChI is InChI=1S/C22H30N4O5/c1-3-30-17-4-6-18(7-5-17)31-13-10-23-20(27)9-8-19-16(2)24-22(25-21(19)28)26-11-14-29-15-12-26/h4-7H,3,8-15H2,1-2H3,(H,23,27)(H,24,25,28). The van der Waals surface area contributed by atoms with E-state index in [2.05, 4.69) is 15.3 Å². The summed E-state index contributed by atoms with van der Waals surface area (Å²) < 4.78 is 16.3. The van der Waals surface area contributed by atoms with E-state index in [-0.39, 0.29) is 17.9 Å².